The molecule has 6 heteroatoms. The predicted molar refractivity (Wildman–Crippen MR) is 126 cm³/mol. The Kier molecular flexibility index (Phi) is 6.08. The number of rotatable bonds is 4. The van der Waals surface area contributed by atoms with Gasteiger partial charge in [0.05, 0.1) is 5.69 Å². The molecule has 0 atom stereocenters. The number of fused-ring (bicyclic) bond motifs is 1. The number of aromatic nitrogens is 2. The lowest BCUT2D eigenvalue weighted by Gasteiger charge is -2.40. The van der Waals surface area contributed by atoms with Gasteiger partial charge in [-0.3, -0.25) is 9.80 Å². The SMILES string of the molecule is Nc1ncnc2c1CCN(C1CCN(Cc3ccccc3C3=CC=C(Cl)CC3)CC1)C2. The molecule has 5 rings (SSSR count). The number of anilines is 1. The van der Waals surface area contributed by atoms with Gasteiger partial charge in [-0.25, -0.2) is 9.97 Å². The third kappa shape index (κ3) is 4.54. The van der Waals surface area contributed by atoms with E-state index in [0.717, 1.165) is 68.3 Å². The molecule has 31 heavy (non-hydrogen) atoms. The van der Waals surface area contributed by atoms with Crippen molar-refractivity contribution in [2.24, 2.45) is 0 Å². The number of likely N-dealkylation sites (tertiary alicyclic amines) is 1. The van der Waals surface area contributed by atoms with Gasteiger partial charge in [-0.1, -0.05) is 41.9 Å². The Morgan fingerprint density at radius 3 is 2.65 bits per heavy atom. The summed E-state index contributed by atoms with van der Waals surface area (Å²) in [6.07, 6.45) is 11.2. The molecule has 0 bridgehead atoms. The van der Waals surface area contributed by atoms with Crippen LogP contribution in [0.2, 0.25) is 0 Å². The van der Waals surface area contributed by atoms with Gasteiger partial charge in [0.2, 0.25) is 0 Å². The van der Waals surface area contributed by atoms with Gasteiger partial charge in [0, 0.05) is 36.3 Å². The minimum Gasteiger partial charge on any atom is -0.383 e. The minimum absolute atomic E-state index is 0.629. The molecule has 0 amide bonds. The Balaban J connectivity index is 1.21. The van der Waals surface area contributed by atoms with Crippen molar-refractivity contribution in [3.63, 3.8) is 0 Å². The fourth-order valence-corrected chi connectivity index (χ4v) is 5.36. The van der Waals surface area contributed by atoms with Crippen molar-refractivity contribution in [2.45, 2.75) is 51.2 Å². The quantitative estimate of drug-likeness (QED) is 0.772. The summed E-state index contributed by atoms with van der Waals surface area (Å²) in [4.78, 5) is 13.9. The molecule has 1 aliphatic carbocycles. The largest absolute Gasteiger partial charge is 0.383 e. The molecule has 2 aliphatic heterocycles. The number of hydrogen-bond acceptors (Lipinski definition) is 5. The van der Waals surface area contributed by atoms with Gasteiger partial charge in [-0.05, 0) is 68.0 Å². The van der Waals surface area contributed by atoms with E-state index in [9.17, 15) is 0 Å². The molecule has 1 fully saturated rings. The van der Waals surface area contributed by atoms with Crippen LogP contribution in [0.3, 0.4) is 0 Å². The average molecular weight is 436 g/mol. The van der Waals surface area contributed by atoms with Crippen LogP contribution in [0.1, 0.15) is 48.1 Å². The Morgan fingerprint density at radius 1 is 1.00 bits per heavy atom. The van der Waals surface area contributed by atoms with E-state index >= 15 is 0 Å². The Hall–Kier alpha value is -2.21. The van der Waals surface area contributed by atoms with Crippen molar-refractivity contribution in [1.82, 2.24) is 19.8 Å². The predicted octanol–water partition coefficient (Wildman–Crippen LogP) is 4.38. The Labute approximate surface area is 189 Å². The van der Waals surface area contributed by atoms with E-state index in [1.54, 1.807) is 6.33 Å². The van der Waals surface area contributed by atoms with Gasteiger partial charge in [0.15, 0.2) is 0 Å². The molecule has 2 N–H and O–H groups in total. The van der Waals surface area contributed by atoms with Gasteiger partial charge in [0.25, 0.3) is 0 Å². The smallest absolute Gasteiger partial charge is 0.130 e. The van der Waals surface area contributed by atoms with E-state index < -0.39 is 0 Å². The third-order valence-electron chi connectivity index (χ3n) is 7.00. The van der Waals surface area contributed by atoms with Crippen LogP contribution >= 0.6 is 11.6 Å². The number of piperidine rings is 1. The van der Waals surface area contributed by atoms with Crippen molar-refractivity contribution in [2.75, 3.05) is 25.4 Å². The summed E-state index contributed by atoms with van der Waals surface area (Å²) in [5, 5.41) is 0.956. The van der Waals surface area contributed by atoms with Gasteiger partial charge in [-0.15, -0.1) is 0 Å². The molecule has 1 aromatic heterocycles. The molecular weight excluding hydrogens is 406 g/mol. The van der Waals surface area contributed by atoms with Crippen molar-refractivity contribution >= 4 is 23.0 Å². The minimum atomic E-state index is 0.629. The highest BCUT2D eigenvalue weighted by Gasteiger charge is 2.29. The number of nitrogens with zero attached hydrogens (tertiary/aromatic N) is 4. The van der Waals surface area contributed by atoms with E-state index in [1.165, 1.54) is 29.5 Å². The number of benzene rings is 1. The van der Waals surface area contributed by atoms with Gasteiger partial charge in [-0.2, -0.15) is 0 Å². The second kappa shape index (κ2) is 9.11. The molecule has 1 saturated heterocycles. The summed E-state index contributed by atoms with van der Waals surface area (Å²) in [6.45, 7) is 5.25. The summed E-state index contributed by atoms with van der Waals surface area (Å²) in [7, 11) is 0. The number of nitrogens with two attached hydrogens (primary N) is 1. The van der Waals surface area contributed by atoms with Crippen LogP contribution in [-0.2, 0) is 19.5 Å². The molecule has 0 unspecified atom stereocenters. The summed E-state index contributed by atoms with van der Waals surface area (Å²) in [5.74, 6) is 0.656. The fourth-order valence-electron chi connectivity index (χ4n) is 5.20. The number of halogens is 1. The maximum atomic E-state index is 6.17. The molecule has 3 heterocycles. The standard InChI is InChI=1S/C25H30ClN5/c26-20-7-5-18(6-8-20)22-4-2-1-3-19(22)15-30-12-9-21(10-13-30)31-14-11-23-24(16-31)28-17-29-25(23)27/h1-5,7,17,21H,6,8-16H2,(H2,27,28,29). The molecule has 2 aromatic rings. The second-order valence-corrected chi connectivity index (χ2v) is 9.36. The first-order chi connectivity index (χ1) is 15.2. The van der Waals surface area contributed by atoms with E-state index in [2.05, 4.69) is 56.2 Å². The number of nitrogen functional groups attached to an aromatic ring is 1. The normalized spacial score (nSPS) is 20.8. The Bertz CT molecular complexity index is 1010. The molecule has 3 aliphatic rings. The highest BCUT2D eigenvalue weighted by atomic mass is 35.5. The van der Waals surface area contributed by atoms with Crippen LogP contribution in [0.15, 0.2) is 47.8 Å². The first kappa shape index (κ1) is 20.7. The van der Waals surface area contributed by atoms with Crippen LogP contribution in [0.25, 0.3) is 5.57 Å². The second-order valence-electron chi connectivity index (χ2n) is 8.87. The molecule has 162 valence electrons. The van der Waals surface area contributed by atoms with Crippen molar-refractivity contribution in [3.05, 3.63) is 70.2 Å². The topological polar surface area (TPSA) is 58.3 Å². The Morgan fingerprint density at radius 2 is 1.84 bits per heavy atom. The summed E-state index contributed by atoms with van der Waals surface area (Å²) >= 11 is 6.17. The molecule has 1 aromatic carbocycles. The average Bonchev–Trinajstić information content (AvgIpc) is 2.81. The van der Waals surface area contributed by atoms with Crippen molar-refractivity contribution < 1.29 is 0 Å². The van der Waals surface area contributed by atoms with E-state index in [0.29, 0.717) is 11.9 Å². The first-order valence-electron chi connectivity index (χ1n) is 11.4. The number of allylic oxidation sites excluding steroid dienone is 4. The summed E-state index contributed by atoms with van der Waals surface area (Å²) in [6, 6.07) is 9.49. The third-order valence-corrected chi connectivity index (χ3v) is 7.31. The van der Waals surface area contributed by atoms with Crippen LogP contribution < -0.4 is 5.73 Å². The zero-order chi connectivity index (χ0) is 21.2. The van der Waals surface area contributed by atoms with Crippen molar-refractivity contribution in [3.8, 4) is 0 Å². The van der Waals surface area contributed by atoms with E-state index in [4.69, 9.17) is 17.3 Å². The van der Waals surface area contributed by atoms with Crippen LogP contribution in [0, 0.1) is 0 Å². The fraction of sp³-hybridized carbons (Fsp3) is 0.440. The van der Waals surface area contributed by atoms with Crippen LogP contribution in [0.4, 0.5) is 5.82 Å². The lowest BCUT2D eigenvalue weighted by atomic mass is 9.92. The zero-order valence-corrected chi connectivity index (χ0v) is 18.7. The molecular formula is C25H30ClN5. The van der Waals surface area contributed by atoms with Crippen molar-refractivity contribution in [1.29, 1.82) is 0 Å². The molecule has 0 radical (unpaired) electrons. The lowest BCUT2D eigenvalue weighted by molar-refractivity contribution is 0.0936. The maximum Gasteiger partial charge on any atom is 0.130 e. The van der Waals surface area contributed by atoms with Gasteiger partial charge in [0.1, 0.15) is 12.1 Å². The first-order valence-corrected chi connectivity index (χ1v) is 11.7. The molecule has 0 saturated carbocycles. The highest BCUT2D eigenvalue weighted by molar-refractivity contribution is 6.29. The monoisotopic (exact) mass is 435 g/mol. The molecule has 5 nitrogen and oxygen atoms in total. The number of hydrogen-bond donors (Lipinski definition) is 1. The van der Waals surface area contributed by atoms with Crippen LogP contribution in [0.5, 0.6) is 0 Å². The molecule has 0 spiro atoms. The lowest BCUT2D eigenvalue weighted by Crippen LogP contribution is -2.46. The van der Waals surface area contributed by atoms with Gasteiger partial charge < -0.3 is 5.73 Å². The van der Waals surface area contributed by atoms with E-state index in [1.807, 2.05) is 0 Å². The summed E-state index contributed by atoms with van der Waals surface area (Å²) < 4.78 is 0. The zero-order valence-electron chi connectivity index (χ0n) is 17.9. The maximum absolute atomic E-state index is 6.17. The van der Waals surface area contributed by atoms with E-state index in [-0.39, 0.29) is 0 Å². The summed E-state index contributed by atoms with van der Waals surface area (Å²) in [5.41, 5.74) is 12.5. The van der Waals surface area contributed by atoms with Crippen LogP contribution in [-0.4, -0.2) is 45.4 Å². The highest BCUT2D eigenvalue weighted by Crippen LogP contribution is 2.31. The van der Waals surface area contributed by atoms with Gasteiger partial charge >= 0.3 is 0 Å².